The number of nitrogens with one attached hydrogen (secondary N) is 1. The second-order valence-corrected chi connectivity index (χ2v) is 9.80. The average molecular weight is 469 g/mol. The van der Waals surface area contributed by atoms with Gasteiger partial charge in [0.05, 0.1) is 0 Å². The lowest BCUT2D eigenvalue weighted by Crippen LogP contribution is -2.58. The number of hydrogen-bond donors (Lipinski definition) is 2. The van der Waals surface area contributed by atoms with Gasteiger partial charge in [-0.3, -0.25) is 4.79 Å². The predicted molar refractivity (Wildman–Crippen MR) is 127 cm³/mol. The van der Waals surface area contributed by atoms with Crippen molar-refractivity contribution in [3.05, 3.63) is 59.7 Å². The highest BCUT2D eigenvalue weighted by Gasteiger charge is 2.38. The van der Waals surface area contributed by atoms with Gasteiger partial charge in [0.25, 0.3) is 0 Å². The van der Waals surface area contributed by atoms with Crippen LogP contribution in [0.25, 0.3) is 11.1 Å². The van der Waals surface area contributed by atoms with Gasteiger partial charge in [-0.15, -0.1) is 0 Å². The highest BCUT2D eigenvalue weighted by Crippen LogP contribution is 2.44. The van der Waals surface area contributed by atoms with Crippen LogP contribution in [0.3, 0.4) is 0 Å². The lowest BCUT2D eigenvalue weighted by molar-refractivity contribution is -0.150. The number of carbonyl (C=O) groups is 3. The summed E-state index contributed by atoms with van der Waals surface area (Å²) in [5, 5.41) is 12.2. The fourth-order valence-electron chi connectivity index (χ4n) is 4.53. The van der Waals surface area contributed by atoms with Gasteiger partial charge < -0.3 is 20.1 Å². The molecule has 0 aromatic heterocycles. The Hall–Kier alpha value is -3.00. The van der Waals surface area contributed by atoms with Crippen LogP contribution in [0.5, 0.6) is 0 Å². The van der Waals surface area contributed by atoms with E-state index < -0.39 is 24.1 Å². The molecule has 1 saturated heterocycles. The molecule has 2 aromatic rings. The first-order chi connectivity index (χ1) is 15.9. The molecule has 1 aliphatic carbocycles. The first-order valence-electron chi connectivity index (χ1n) is 11.1. The number of benzene rings is 2. The molecule has 0 bridgehead atoms. The molecular formula is C25H28N2O5S. The quantitative estimate of drug-likeness (QED) is 0.673. The van der Waals surface area contributed by atoms with Gasteiger partial charge in [0, 0.05) is 24.0 Å². The fourth-order valence-corrected chi connectivity index (χ4v) is 5.57. The van der Waals surface area contributed by atoms with E-state index in [9.17, 15) is 19.5 Å². The zero-order chi connectivity index (χ0) is 23.5. The summed E-state index contributed by atoms with van der Waals surface area (Å²) in [7, 11) is 0. The third-order valence-corrected chi connectivity index (χ3v) is 7.27. The maximum Gasteiger partial charge on any atom is 0.407 e. The number of thioether (sulfide) groups is 1. The predicted octanol–water partition coefficient (Wildman–Crippen LogP) is 3.58. The largest absolute Gasteiger partial charge is 0.480 e. The van der Waals surface area contributed by atoms with Gasteiger partial charge >= 0.3 is 12.1 Å². The minimum absolute atomic E-state index is 0.0770. The maximum absolute atomic E-state index is 13.2. The fraction of sp³-hybridized carbons (Fsp3) is 0.400. The molecule has 1 unspecified atom stereocenters. The molecular weight excluding hydrogens is 440 g/mol. The summed E-state index contributed by atoms with van der Waals surface area (Å²) in [4.78, 5) is 38.9. The van der Waals surface area contributed by atoms with E-state index in [2.05, 4.69) is 17.4 Å². The van der Waals surface area contributed by atoms with E-state index in [0.29, 0.717) is 18.1 Å². The molecule has 33 heavy (non-hydrogen) atoms. The Morgan fingerprint density at radius 3 is 2.27 bits per heavy atom. The van der Waals surface area contributed by atoms with Crippen LogP contribution in [0.4, 0.5) is 4.79 Å². The second kappa shape index (κ2) is 9.87. The van der Waals surface area contributed by atoms with Crippen molar-refractivity contribution in [3.63, 3.8) is 0 Å². The van der Waals surface area contributed by atoms with E-state index >= 15 is 0 Å². The summed E-state index contributed by atoms with van der Waals surface area (Å²) >= 11 is 1.51. The summed E-state index contributed by atoms with van der Waals surface area (Å²) < 4.78 is 5.59. The molecule has 2 aromatic carbocycles. The molecule has 2 atom stereocenters. The van der Waals surface area contributed by atoms with Gasteiger partial charge in [-0.2, -0.15) is 11.8 Å². The number of ether oxygens (including phenoxy) is 1. The van der Waals surface area contributed by atoms with Crippen LogP contribution in [0.1, 0.15) is 30.9 Å². The van der Waals surface area contributed by atoms with E-state index in [-0.39, 0.29) is 24.3 Å². The van der Waals surface area contributed by atoms with Crippen molar-refractivity contribution in [2.24, 2.45) is 5.92 Å². The van der Waals surface area contributed by atoms with Gasteiger partial charge in [-0.1, -0.05) is 62.4 Å². The normalized spacial score (nSPS) is 18.4. The number of fused-ring (bicyclic) bond motifs is 3. The molecule has 1 fully saturated rings. The summed E-state index contributed by atoms with van der Waals surface area (Å²) in [6.07, 6.45) is -0.679. The monoisotopic (exact) mass is 468 g/mol. The van der Waals surface area contributed by atoms with E-state index in [1.165, 1.54) is 16.7 Å². The highest BCUT2D eigenvalue weighted by molar-refractivity contribution is 7.99. The lowest BCUT2D eigenvalue weighted by Gasteiger charge is -2.36. The molecule has 1 heterocycles. The SMILES string of the molecule is CC(C)[C@@H](NC(=O)OCC1c2ccccc2-c2ccccc21)C(=O)N1CCSCC1C(=O)O. The van der Waals surface area contributed by atoms with Crippen molar-refractivity contribution in [1.82, 2.24) is 10.2 Å². The lowest BCUT2D eigenvalue weighted by atomic mass is 9.98. The van der Waals surface area contributed by atoms with E-state index in [1.807, 2.05) is 50.2 Å². The van der Waals surface area contributed by atoms with E-state index in [1.54, 1.807) is 0 Å². The minimum Gasteiger partial charge on any atom is -0.480 e. The number of rotatable bonds is 6. The first kappa shape index (κ1) is 23.2. The number of hydrogen-bond acceptors (Lipinski definition) is 5. The van der Waals surface area contributed by atoms with Crippen LogP contribution in [0.2, 0.25) is 0 Å². The van der Waals surface area contributed by atoms with E-state index in [0.717, 1.165) is 22.3 Å². The number of carbonyl (C=O) groups excluding carboxylic acids is 2. The molecule has 8 heteroatoms. The maximum atomic E-state index is 13.2. The van der Waals surface area contributed by atoms with Gasteiger partial charge in [0.1, 0.15) is 18.7 Å². The molecule has 0 saturated carbocycles. The van der Waals surface area contributed by atoms with Gasteiger partial charge in [0.2, 0.25) is 5.91 Å². The van der Waals surface area contributed by atoms with Crippen molar-refractivity contribution in [2.45, 2.75) is 31.8 Å². The van der Waals surface area contributed by atoms with Crippen molar-refractivity contribution < 1.29 is 24.2 Å². The Morgan fingerprint density at radius 2 is 1.70 bits per heavy atom. The van der Waals surface area contributed by atoms with Gasteiger partial charge in [-0.25, -0.2) is 9.59 Å². The number of carboxylic acids is 1. The highest BCUT2D eigenvalue weighted by atomic mass is 32.2. The van der Waals surface area contributed by atoms with Gasteiger partial charge in [-0.05, 0) is 28.2 Å². The molecule has 174 valence electrons. The van der Waals surface area contributed by atoms with Crippen molar-refractivity contribution >= 4 is 29.7 Å². The molecule has 0 spiro atoms. The zero-order valence-corrected chi connectivity index (χ0v) is 19.5. The number of aliphatic carboxylic acids is 1. The number of carboxylic acid groups (broad SMARTS) is 1. The zero-order valence-electron chi connectivity index (χ0n) is 18.7. The first-order valence-corrected chi connectivity index (χ1v) is 12.3. The molecule has 0 radical (unpaired) electrons. The Labute approximate surface area is 197 Å². The van der Waals surface area contributed by atoms with Gasteiger partial charge in [0.15, 0.2) is 0 Å². The molecule has 2 amide bonds. The third-order valence-electron chi connectivity index (χ3n) is 6.25. The molecule has 7 nitrogen and oxygen atoms in total. The molecule has 2 N–H and O–H groups in total. The number of alkyl carbamates (subject to hydrolysis) is 1. The summed E-state index contributed by atoms with van der Waals surface area (Å²) in [6.45, 7) is 4.13. The van der Waals surface area contributed by atoms with Crippen LogP contribution in [-0.2, 0) is 14.3 Å². The van der Waals surface area contributed by atoms with Crippen LogP contribution < -0.4 is 5.32 Å². The Bertz CT molecular complexity index is 1010. The molecule has 4 rings (SSSR count). The number of amides is 2. The Morgan fingerprint density at radius 1 is 1.09 bits per heavy atom. The van der Waals surface area contributed by atoms with E-state index in [4.69, 9.17) is 4.74 Å². The summed E-state index contributed by atoms with van der Waals surface area (Å²) in [5.74, 6) is -0.693. The number of nitrogens with zero attached hydrogens (tertiary/aromatic N) is 1. The van der Waals surface area contributed by atoms with Crippen molar-refractivity contribution in [1.29, 1.82) is 0 Å². The van der Waals surface area contributed by atoms with Crippen LogP contribution in [-0.4, -0.2) is 64.7 Å². The second-order valence-electron chi connectivity index (χ2n) is 8.65. The average Bonchev–Trinajstić information content (AvgIpc) is 3.14. The van der Waals surface area contributed by atoms with Crippen molar-refractivity contribution in [2.75, 3.05) is 24.7 Å². The van der Waals surface area contributed by atoms with Crippen LogP contribution in [0.15, 0.2) is 48.5 Å². The summed E-state index contributed by atoms with van der Waals surface area (Å²) in [6, 6.07) is 14.4. The minimum atomic E-state index is -1.03. The molecule has 1 aliphatic heterocycles. The Balaban J connectivity index is 1.44. The molecule has 2 aliphatic rings. The van der Waals surface area contributed by atoms with Crippen molar-refractivity contribution in [3.8, 4) is 11.1 Å². The summed E-state index contributed by atoms with van der Waals surface area (Å²) in [5.41, 5.74) is 4.50. The standard InChI is InChI=1S/C25H28N2O5S/c1-15(2)22(23(28)27-11-12-33-14-21(27)24(29)30)26-25(31)32-13-20-18-9-5-3-7-16(18)17-8-4-6-10-19(17)20/h3-10,15,20-22H,11-14H2,1-2H3,(H,26,31)(H,29,30)/t21?,22-/m1/s1. The Kier molecular flexibility index (Phi) is 6.93. The van der Waals surface area contributed by atoms with Crippen LogP contribution in [0, 0.1) is 5.92 Å². The smallest absolute Gasteiger partial charge is 0.407 e. The third kappa shape index (κ3) is 4.71. The van der Waals surface area contributed by atoms with Crippen LogP contribution >= 0.6 is 11.8 Å². The topological polar surface area (TPSA) is 95.9 Å².